The van der Waals surface area contributed by atoms with Crippen molar-refractivity contribution in [3.63, 3.8) is 0 Å². The summed E-state index contributed by atoms with van der Waals surface area (Å²) in [6, 6.07) is 18.5. The highest BCUT2D eigenvalue weighted by Crippen LogP contribution is 2.28. The molecule has 0 radical (unpaired) electrons. The normalized spacial score (nSPS) is 16.7. The number of methoxy groups -OCH3 is 1. The molecule has 6 nitrogen and oxygen atoms in total. The van der Waals surface area contributed by atoms with Crippen molar-refractivity contribution in [1.29, 1.82) is 0 Å². The van der Waals surface area contributed by atoms with Gasteiger partial charge in [-0.1, -0.05) is 47.7 Å². The van der Waals surface area contributed by atoms with Gasteiger partial charge in [-0.3, -0.25) is 9.58 Å². The lowest BCUT2D eigenvalue weighted by atomic mass is 9.98. The van der Waals surface area contributed by atoms with E-state index in [0.717, 1.165) is 31.1 Å². The number of benzene rings is 2. The predicted molar refractivity (Wildman–Crippen MR) is 107 cm³/mol. The highest BCUT2D eigenvalue weighted by atomic mass is 16.5. The van der Waals surface area contributed by atoms with Gasteiger partial charge in [0, 0.05) is 32.6 Å². The third kappa shape index (κ3) is 4.24. The van der Waals surface area contributed by atoms with Crippen molar-refractivity contribution in [2.45, 2.75) is 25.6 Å². The Morgan fingerprint density at radius 3 is 2.57 bits per heavy atom. The molecule has 1 aromatic heterocycles. The summed E-state index contributed by atoms with van der Waals surface area (Å²) < 4.78 is 13.2. The van der Waals surface area contributed by atoms with Gasteiger partial charge in [-0.25, -0.2) is 0 Å². The Morgan fingerprint density at radius 2 is 1.82 bits per heavy atom. The molecule has 1 aliphatic heterocycles. The molecule has 4 rings (SSSR count). The molecule has 146 valence electrons. The Kier molecular flexibility index (Phi) is 5.69. The lowest BCUT2D eigenvalue weighted by Crippen LogP contribution is -2.36. The first-order valence-corrected chi connectivity index (χ1v) is 9.58. The van der Waals surface area contributed by atoms with E-state index in [4.69, 9.17) is 9.47 Å². The number of hydrogen-bond donors (Lipinski definition) is 0. The Hall–Kier alpha value is -2.70. The van der Waals surface area contributed by atoms with Gasteiger partial charge in [0.05, 0.1) is 26.0 Å². The third-order valence-electron chi connectivity index (χ3n) is 5.18. The van der Waals surface area contributed by atoms with Crippen LogP contribution < -0.4 is 4.74 Å². The zero-order valence-electron chi connectivity index (χ0n) is 16.4. The van der Waals surface area contributed by atoms with Crippen molar-refractivity contribution in [3.8, 4) is 5.75 Å². The molecule has 0 spiro atoms. The molecule has 0 N–H and O–H groups in total. The first-order valence-electron chi connectivity index (χ1n) is 9.58. The minimum atomic E-state index is 0.255. The summed E-state index contributed by atoms with van der Waals surface area (Å²) in [4.78, 5) is 2.41. The Labute approximate surface area is 165 Å². The molecule has 0 saturated carbocycles. The van der Waals surface area contributed by atoms with Gasteiger partial charge in [0.2, 0.25) is 0 Å². The number of nitrogens with zero attached hydrogens (tertiary/aromatic N) is 4. The maximum atomic E-state index is 6.06. The fraction of sp³-hybridized carbons (Fsp3) is 0.364. The molecule has 0 amide bonds. The molecule has 0 fully saturated rings. The molecule has 0 saturated heterocycles. The van der Waals surface area contributed by atoms with Crippen LogP contribution in [0.2, 0.25) is 0 Å². The number of fused-ring (bicyclic) bond motifs is 1. The molecule has 0 bridgehead atoms. The van der Waals surface area contributed by atoms with Crippen LogP contribution in [0.25, 0.3) is 0 Å². The van der Waals surface area contributed by atoms with Crippen LogP contribution in [0.4, 0.5) is 0 Å². The molecule has 6 heteroatoms. The van der Waals surface area contributed by atoms with Gasteiger partial charge in [-0.2, -0.15) is 0 Å². The van der Waals surface area contributed by atoms with E-state index >= 15 is 0 Å². The van der Waals surface area contributed by atoms with E-state index in [9.17, 15) is 0 Å². The standard InChI is InChI=1S/C22H26N4O2/c1-25-22-19(16-28-15-18-6-4-3-5-7-18)13-26(14-21(22)23-24-25)12-17-8-10-20(27-2)11-9-17/h3-11,19H,12-16H2,1-2H3. The van der Waals surface area contributed by atoms with E-state index in [1.165, 1.54) is 16.8 Å². The molecule has 2 aromatic carbocycles. The molecule has 1 unspecified atom stereocenters. The summed E-state index contributed by atoms with van der Waals surface area (Å²) in [5.74, 6) is 1.14. The van der Waals surface area contributed by atoms with Crippen molar-refractivity contribution in [3.05, 3.63) is 77.1 Å². The van der Waals surface area contributed by atoms with E-state index in [1.54, 1.807) is 7.11 Å². The van der Waals surface area contributed by atoms with E-state index in [2.05, 4.69) is 39.5 Å². The second-order valence-electron chi connectivity index (χ2n) is 7.26. The Bertz CT molecular complexity index is 893. The zero-order chi connectivity index (χ0) is 19.3. The van der Waals surface area contributed by atoms with Gasteiger partial charge < -0.3 is 9.47 Å². The highest BCUT2D eigenvalue weighted by Gasteiger charge is 2.30. The fourth-order valence-corrected chi connectivity index (χ4v) is 3.83. The summed E-state index contributed by atoms with van der Waals surface area (Å²) in [5.41, 5.74) is 4.70. The first-order chi connectivity index (χ1) is 13.7. The van der Waals surface area contributed by atoms with Crippen LogP contribution in [-0.2, 0) is 31.5 Å². The number of ether oxygens (including phenoxy) is 2. The van der Waals surface area contributed by atoms with Crippen LogP contribution in [-0.4, -0.2) is 40.2 Å². The van der Waals surface area contributed by atoms with Crippen molar-refractivity contribution in [2.24, 2.45) is 7.05 Å². The van der Waals surface area contributed by atoms with Crippen molar-refractivity contribution in [1.82, 2.24) is 19.9 Å². The van der Waals surface area contributed by atoms with Crippen LogP contribution in [0.15, 0.2) is 54.6 Å². The summed E-state index contributed by atoms with van der Waals surface area (Å²) in [6.45, 7) is 3.88. The van der Waals surface area contributed by atoms with Crippen LogP contribution in [0, 0.1) is 0 Å². The van der Waals surface area contributed by atoms with Crippen LogP contribution in [0.3, 0.4) is 0 Å². The van der Waals surface area contributed by atoms with E-state index in [1.807, 2.05) is 42.1 Å². The Balaban J connectivity index is 1.43. The third-order valence-corrected chi connectivity index (χ3v) is 5.18. The number of rotatable bonds is 7. The number of aryl methyl sites for hydroxylation is 1. The average molecular weight is 378 g/mol. The zero-order valence-corrected chi connectivity index (χ0v) is 16.4. The van der Waals surface area contributed by atoms with Crippen LogP contribution in [0.1, 0.15) is 28.4 Å². The molecule has 0 aliphatic carbocycles. The molecule has 3 aromatic rings. The lowest BCUT2D eigenvalue weighted by Gasteiger charge is -2.32. The maximum absolute atomic E-state index is 6.06. The molecular formula is C22H26N4O2. The molecule has 1 aliphatic rings. The van der Waals surface area contributed by atoms with Gasteiger partial charge in [-0.15, -0.1) is 5.10 Å². The molecule has 1 atom stereocenters. The van der Waals surface area contributed by atoms with E-state index in [-0.39, 0.29) is 5.92 Å². The van der Waals surface area contributed by atoms with Crippen LogP contribution in [0.5, 0.6) is 5.75 Å². The van der Waals surface area contributed by atoms with Crippen molar-refractivity contribution in [2.75, 3.05) is 20.3 Å². The molecular weight excluding hydrogens is 352 g/mol. The number of hydrogen-bond acceptors (Lipinski definition) is 5. The van der Waals surface area contributed by atoms with Gasteiger partial charge in [0.15, 0.2) is 0 Å². The molecule has 28 heavy (non-hydrogen) atoms. The quantitative estimate of drug-likeness (QED) is 0.632. The van der Waals surface area contributed by atoms with Crippen molar-refractivity contribution < 1.29 is 9.47 Å². The molecule has 2 heterocycles. The SMILES string of the molecule is COc1ccc(CN2Cc3nnn(C)c3C(COCc3ccccc3)C2)cc1. The minimum Gasteiger partial charge on any atom is -0.497 e. The summed E-state index contributed by atoms with van der Waals surface area (Å²) in [5, 5.41) is 8.63. The first kappa shape index (κ1) is 18.7. The van der Waals surface area contributed by atoms with E-state index < -0.39 is 0 Å². The lowest BCUT2D eigenvalue weighted by molar-refractivity contribution is 0.0830. The predicted octanol–water partition coefficient (Wildman–Crippen LogP) is 3.14. The smallest absolute Gasteiger partial charge is 0.118 e. The second-order valence-corrected chi connectivity index (χ2v) is 7.26. The van der Waals surface area contributed by atoms with Crippen LogP contribution >= 0.6 is 0 Å². The van der Waals surface area contributed by atoms with E-state index in [0.29, 0.717) is 13.2 Å². The topological polar surface area (TPSA) is 52.4 Å². The van der Waals surface area contributed by atoms with Crippen molar-refractivity contribution >= 4 is 0 Å². The number of aromatic nitrogens is 3. The maximum Gasteiger partial charge on any atom is 0.118 e. The minimum absolute atomic E-state index is 0.255. The summed E-state index contributed by atoms with van der Waals surface area (Å²) in [7, 11) is 3.66. The summed E-state index contributed by atoms with van der Waals surface area (Å²) >= 11 is 0. The Morgan fingerprint density at radius 1 is 1.04 bits per heavy atom. The average Bonchev–Trinajstić information content (AvgIpc) is 3.10. The van der Waals surface area contributed by atoms with Gasteiger partial charge in [0.1, 0.15) is 11.4 Å². The summed E-state index contributed by atoms with van der Waals surface area (Å²) in [6.07, 6.45) is 0. The highest BCUT2D eigenvalue weighted by molar-refractivity contribution is 5.28. The second kappa shape index (κ2) is 8.54. The fourth-order valence-electron chi connectivity index (χ4n) is 3.83. The monoisotopic (exact) mass is 378 g/mol. The van der Waals surface area contributed by atoms with Gasteiger partial charge in [-0.05, 0) is 23.3 Å². The largest absolute Gasteiger partial charge is 0.497 e. The van der Waals surface area contributed by atoms with Gasteiger partial charge in [0.25, 0.3) is 0 Å². The van der Waals surface area contributed by atoms with Gasteiger partial charge >= 0.3 is 0 Å².